The van der Waals surface area contributed by atoms with Gasteiger partial charge in [0.15, 0.2) is 0 Å². The minimum absolute atomic E-state index is 0.0491. The van der Waals surface area contributed by atoms with Crippen molar-refractivity contribution in [3.05, 3.63) is 36.8 Å². The van der Waals surface area contributed by atoms with E-state index in [2.05, 4.69) is 17.1 Å². The molecule has 129 valence electrons. The fourth-order valence-corrected chi connectivity index (χ4v) is 3.72. The van der Waals surface area contributed by atoms with Gasteiger partial charge < -0.3 is 25.2 Å². The summed E-state index contributed by atoms with van der Waals surface area (Å²) in [5, 5.41) is 22.3. The number of nitrogens with one attached hydrogen (secondary N) is 1. The average molecular weight is 330 g/mol. The van der Waals surface area contributed by atoms with Crippen LogP contribution in [0.25, 0.3) is 0 Å². The number of nitrogens with zero attached hydrogens (tertiary/aromatic N) is 2. The zero-order valence-electron chi connectivity index (χ0n) is 13.9. The van der Waals surface area contributed by atoms with E-state index in [1.165, 1.54) is 0 Å². The number of benzene rings is 1. The Balaban J connectivity index is 1.77. The summed E-state index contributed by atoms with van der Waals surface area (Å²) in [5.41, 5.74) is 1.91. The standard InChI is InChI=1S/C17H25BN3O3/c1-13-4-2-5-14(10-13)21(15-7-8-19-11-15)12-17(22)20-9-3-6-16(20)18(23)24/h2,4-5,10,15-16,19,23-24H,1,3,6-9,11-12H2/t15-,16-/m0/s1. The molecule has 1 aromatic carbocycles. The third kappa shape index (κ3) is 3.74. The molecule has 0 aliphatic carbocycles. The van der Waals surface area contributed by atoms with Crippen LogP contribution < -0.4 is 10.2 Å². The molecule has 1 amide bonds. The second kappa shape index (κ2) is 7.55. The predicted molar refractivity (Wildman–Crippen MR) is 94.4 cm³/mol. The van der Waals surface area contributed by atoms with Crippen LogP contribution in [0.2, 0.25) is 0 Å². The van der Waals surface area contributed by atoms with Crippen LogP contribution >= 0.6 is 0 Å². The van der Waals surface area contributed by atoms with Crippen molar-refractivity contribution in [2.45, 2.75) is 31.2 Å². The maximum absolute atomic E-state index is 12.8. The highest BCUT2D eigenvalue weighted by atomic mass is 16.4. The zero-order valence-corrected chi connectivity index (χ0v) is 13.9. The summed E-state index contributed by atoms with van der Waals surface area (Å²) in [5.74, 6) is -0.535. The van der Waals surface area contributed by atoms with Crippen molar-refractivity contribution in [2.24, 2.45) is 0 Å². The highest BCUT2D eigenvalue weighted by Gasteiger charge is 2.37. The summed E-state index contributed by atoms with van der Waals surface area (Å²) in [6.07, 6.45) is 2.44. The summed E-state index contributed by atoms with van der Waals surface area (Å²) in [4.78, 5) is 16.6. The van der Waals surface area contributed by atoms with Gasteiger partial charge in [-0.1, -0.05) is 12.1 Å². The van der Waals surface area contributed by atoms with Gasteiger partial charge in [0.2, 0.25) is 5.91 Å². The van der Waals surface area contributed by atoms with E-state index in [-0.39, 0.29) is 18.5 Å². The highest BCUT2D eigenvalue weighted by Crippen LogP contribution is 2.24. The van der Waals surface area contributed by atoms with E-state index in [0.29, 0.717) is 13.0 Å². The number of likely N-dealkylation sites (tertiary alicyclic amines) is 1. The van der Waals surface area contributed by atoms with Crippen LogP contribution in [0.4, 0.5) is 5.69 Å². The summed E-state index contributed by atoms with van der Waals surface area (Å²) < 4.78 is 0. The predicted octanol–water partition coefficient (Wildman–Crippen LogP) is 0.0401. The fraction of sp³-hybridized carbons (Fsp3) is 0.529. The molecule has 2 atom stereocenters. The molecular weight excluding hydrogens is 305 g/mol. The quantitative estimate of drug-likeness (QED) is 0.665. The van der Waals surface area contributed by atoms with Crippen molar-refractivity contribution < 1.29 is 14.8 Å². The zero-order chi connectivity index (χ0) is 17.1. The van der Waals surface area contributed by atoms with E-state index in [0.717, 1.165) is 37.2 Å². The molecule has 0 bridgehead atoms. The number of hydrogen-bond acceptors (Lipinski definition) is 5. The van der Waals surface area contributed by atoms with Crippen molar-refractivity contribution in [1.82, 2.24) is 10.2 Å². The monoisotopic (exact) mass is 330 g/mol. The Morgan fingerprint density at radius 3 is 2.92 bits per heavy atom. The molecule has 3 rings (SSSR count). The van der Waals surface area contributed by atoms with E-state index in [1.807, 2.05) is 24.3 Å². The van der Waals surface area contributed by atoms with Crippen LogP contribution in [-0.4, -0.2) is 66.1 Å². The number of anilines is 1. The van der Waals surface area contributed by atoms with Crippen LogP contribution in [0.15, 0.2) is 24.3 Å². The lowest BCUT2D eigenvalue weighted by Gasteiger charge is -2.33. The summed E-state index contributed by atoms with van der Waals surface area (Å²) in [6.45, 7) is 6.61. The Morgan fingerprint density at radius 2 is 2.25 bits per heavy atom. The molecule has 2 aliphatic rings. The third-order valence-electron chi connectivity index (χ3n) is 4.99. The van der Waals surface area contributed by atoms with Gasteiger partial charge in [-0.15, -0.1) is 0 Å². The third-order valence-corrected chi connectivity index (χ3v) is 4.99. The van der Waals surface area contributed by atoms with E-state index < -0.39 is 13.1 Å². The molecule has 24 heavy (non-hydrogen) atoms. The number of carbonyl (C=O) groups is 1. The van der Waals surface area contributed by atoms with Crippen LogP contribution in [0.1, 0.15) is 24.8 Å². The second-order valence-corrected chi connectivity index (χ2v) is 6.65. The summed E-state index contributed by atoms with van der Waals surface area (Å²) in [7, 11) is -1.47. The molecule has 1 aromatic rings. The Bertz CT molecular complexity index is 578. The molecule has 7 heteroatoms. The maximum atomic E-state index is 12.8. The molecule has 0 aromatic heterocycles. The van der Waals surface area contributed by atoms with Gasteiger partial charge >= 0.3 is 7.12 Å². The molecule has 0 spiro atoms. The van der Waals surface area contributed by atoms with Crippen LogP contribution in [0, 0.1) is 6.92 Å². The first-order chi connectivity index (χ1) is 11.6. The van der Waals surface area contributed by atoms with Gasteiger partial charge in [0, 0.05) is 24.8 Å². The van der Waals surface area contributed by atoms with Crippen molar-refractivity contribution in [3.63, 3.8) is 0 Å². The molecule has 6 nitrogen and oxygen atoms in total. The number of amides is 1. The molecule has 1 radical (unpaired) electrons. The Morgan fingerprint density at radius 1 is 1.42 bits per heavy atom. The van der Waals surface area contributed by atoms with Gasteiger partial charge in [-0.25, -0.2) is 0 Å². The smallest absolute Gasteiger partial charge is 0.426 e. The Labute approximate surface area is 143 Å². The van der Waals surface area contributed by atoms with Gasteiger partial charge in [0.25, 0.3) is 0 Å². The highest BCUT2D eigenvalue weighted by molar-refractivity contribution is 6.43. The lowest BCUT2D eigenvalue weighted by Crippen LogP contribution is -2.51. The van der Waals surface area contributed by atoms with Gasteiger partial charge in [-0.2, -0.15) is 0 Å². The first-order valence-corrected chi connectivity index (χ1v) is 8.61. The van der Waals surface area contributed by atoms with E-state index in [4.69, 9.17) is 0 Å². The lowest BCUT2D eigenvalue weighted by atomic mass is 9.78. The fourth-order valence-electron chi connectivity index (χ4n) is 3.72. The Kier molecular flexibility index (Phi) is 5.43. The molecule has 3 N–H and O–H groups in total. The molecular formula is C17H25BN3O3. The van der Waals surface area contributed by atoms with Crippen molar-refractivity contribution in [3.8, 4) is 0 Å². The molecule has 2 saturated heterocycles. The van der Waals surface area contributed by atoms with E-state index >= 15 is 0 Å². The topological polar surface area (TPSA) is 76.0 Å². The number of hydrogen-bond donors (Lipinski definition) is 3. The van der Waals surface area contributed by atoms with Crippen LogP contribution in [-0.2, 0) is 4.79 Å². The molecule has 0 unspecified atom stereocenters. The average Bonchev–Trinajstić information content (AvgIpc) is 3.23. The normalized spacial score (nSPS) is 23.5. The van der Waals surface area contributed by atoms with Crippen molar-refractivity contribution in [1.29, 1.82) is 0 Å². The molecule has 2 heterocycles. The molecule has 2 fully saturated rings. The maximum Gasteiger partial charge on any atom is 0.475 e. The van der Waals surface area contributed by atoms with E-state index in [9.17, 15) is 14.8 Å². The SMILES string of the molecule is [CH2]c1cccc(N(CC(=O)N2CCC[C@H]2B(O)O)[C@H]2CCNC2)c1. The Hall–Kier alpha value is -1.57. The van der Waals surface area contributed by atoms with Gasteiger partial charge in [-0.05, 0) is 50.4 Å². The lowest BCUT2D eigenvalue weighted by molar-refractivity contribution is -0.129. The second-order valence-electron chi connectivity index (χ2n) is 6.65. The molecule has 0 saturated carbocycles. The van der Waals surface area contributed by atoms with Crippen molar-refractivity contribution in [2.75, 3.05) is 31.1 Å². The molecule has 2 aliphatic heterocycles. The van der Waals surface area contributed by atoms with Crippen LogP contribution in [0.5, 0.6) is 0 Å². The minimum atomic E-state index is -1.47. The first-order valence-electron chi connectivity index (χ1n) is 8.61. The van der Waals surface area contributed by atoms with Gasteiger partial charge in [-0.3, -0.25) is 4.79 Å². The number of carbonyl (C=O) groups excluding carboxylic acids is 1. The largest absolute Gasteiger partial charge is 0.475 e. The van der Waals surface area contributed by atoms with E-state index in [1.54, 1.807) is 4.90 Å². The minimum Gasteiger partial charge on any atom is -0.426 e. The van der Waals surface area contributed by atoms with Gasteiger partial charge in [0.05, 0.1) is 12.5 Å². The van der Waals surface area contributed by atoms with Gasteiger partial charge in [0.1, 0.15) is 0 Å². The summed E-state index contributed by atoms with van der Waals surface area (Å²) in [6, 6.07) is 8.15. The first kappa shape index (κ1) is 17.3. The van der Waals surface area contributed by atoms with Crippen LogP contribution in [0.3, 0.4) is 0 Å². The number of rotatable bonds is 5. The summed E-state index contributed by atoms with van der Waals surface area (Å²) >= 11 is 0. The van der Waals surface area contributed by atoms with Crippen molar-refractivity contribution >= 4 is 18.7 Å².